The van der Waals surface area contributed by atoms with Crippen molar-refractivity contribution in [1.29, 1.82) is 0 Å². The average Bonchev–Trinajstić information content (AvgIpc) is 2.15. The number of Topliss-reactive ketones (excluding diaryl/α,β-unsaturated/α-hetero) is 1. The number of hydrogen-bond acceptors (Lipinski definition) is 2. The molecule has 2 radical (unpaired) electrons. The van der Waals surface area contributed by atoms with Crippen molar-refractivity contribution in [3.63, 3.8) is 0 Å². The maximum Gasteiger partial charge on any atom is 0.144 e. The van der Waals surface area contributed by atoms with Crippen LogP contribution in [0.25, 0.3) is 0 Å². The normalized spacial score (nSPS) is 9.44. The fourth-order valence-electron chi connectivity index (χ4n) is 0.510. The van der Waals surface area contributed by atoms with Crippen molar-refractivity contribution in [2.24, 2.45) is 0 Å². The first-order chi connectivity index (χ1) is 4.29. The molecule has 1 N–H and O–H groups in total. The van der Waals surface area contributed by atoms with Gasteiger partial charge in [0.2, 0.25) is 0 Å². The van der Waals surface area contributed by atoms with Gasteiger partial charge in [-0.3, -0.25) is 9.89 Å². The number of aromatic amines is 1. The Morgan fingerprint density at radius 2 is 2.67 bits per heavy atom. The predicted octanol–water partition coefficient (Wildman–Crippen LogP) is 0.428. The summed E-state index contributed by atoms with van der Waals surface area (Å²) in [6.07, 6.45) is 4.15. The van der Waals surface area contributed by atoms with Crippen molar-refractivity contribution in [3.05, 3.63) is 24.4 Å². The molecule has 1 aromatic rings. The molecule has 0 aliphatic rings. The van der Waals surface area contributed by atoms with Crippen LogP contribution in [0.4, 0.5) is 0 Å². The molecule has 0 saturated heterocycles. The summed E-state index contributed by atoms with van der Waals surface area (Å²) in [6, 6.07) is 1.68. The van der Waals surface area contributed by atoms with Gasteiger partial charge in [-0.05, 0) is 13.0 Å². The highest BCUT2D eigenvalue weighted by atomic mass is 16.1. The molecule has 0 aliphatic carbocycles. The summed E-state index contributed by atoms with van der Waals surface area (Å²) in [5.74, 6) is -0.109. The minimum Gasteiger partial charge on any atom is -0.299 e. The zero-order chi connectivity index (χ0) is 6.69. The highest BCUT2D eigenvalue weighted by Gasteiger charge is 1.98. The molecule has 0 fully saturated rings. The van der Waals surface area contributed by atoms with E-state index >= 15 is 0 Å². The molecule has 0 saturated carbocycles. The van der Waals surface area contributed by atoms with E-state index in [1.807, 2.05) is 0 Å². The van der Waals surface area contributed by atoms with Gasteiger partial charge in [-0.25, -0.2) is 0 Å². The molecular weight excluding hydrogens is 116 g/mol. The van der Waals surface area contributed by atoms with Crippen molar-refractivity contribution >= 4 is 5.78 Å². The van der Waals surface area contributed by atoms with Crippen molar-refractivity contribution in [2.75, 3.05) is 0 Å². The van der Waals surface area contributed by atoms with Crippen LogP contribution in [0, 0.1) is 6.42 Å². The Labute approximate surface area is 53.1 Å². The van der Waals surface area contributed by atoms with E-state index in [1.54, 1.807) is 12.3 Å². The van der Waals surface area contributed by atoms with Crippen LogP contribution >= 0.6 is 0 Å². The Bertz CT molecular complexity index is 191. The van der Waals surface area contributed by atoms with E-state index in [1.165, 1.54) is 6.92 Å². The topological polar surface area (TPSA) is 45.8 Å². The van der Waals surface area contributed by atoms with Gasteiger partial charge in [0.25, 0.3) is 0 Å². The van der Waals surface area contributed by atoms with Gasteiger partial charge in [-0.2, -0.15) is 5.10 Å². The van der Waals surface area contributed by atoms with Crippen molar-refractivity contribution in [2.45, 2.75) is 6.92 Å². The first-order valence-corrected chi connectivity index (χ1v) is 2.56. The molecule has 1 aromatic heterocycles. The van der Waals surface area contributed by atoms with E-state index in [-0.39, 0.29) is 5.78 Å². The van der Waals surface area contributed by atoms with Gasteiger partial charge in [0, 0.05) is 6.20 Å². The van der Waals surface area contributed by atoms with Crippen LogP contribution in [-0.2, 0) is 4.79 Å². The van der Waals surface area contributed by atoms with Gasteiger partial charge in [-0.1, -0.05) is 0 Å². The molecular formula is C6H6N2O. The molecule has 0 amide bonds. The molecule has 0 aliphatic heterocycles. The highest BCUT2D eigenvalue weighted by Crippen LogP contribution is 1.95. The third-order valence-electron chi connectivity index (χ3n) is 0.805. The molecule has 1 heterocycles. The van der Waals surface area contributed by atoms with Crippen LogP contribution in [-0.4, -0.2) is 16.0 Å². The lowest BCUT2D eigenvalue weighted by atomic mass is 10.2. The first-order valence-electron chi connectivity index (χ1n) is 2.56. The summed E-state index contributed by atoms with van der Waals surface area (Å²) in [5.41, 5.74) is 0.558. The van der Waals surface area contributed by atoms with Crippen LogP contribution in [0.2, 0.25) is 0 Å². The van der Waals surface area contributed by atoms with Gasteiger partial charge < -0.3 is 0 Å². The monoisotopic (exact) mass is 122 g/mol. The quantitative estimate of drug-likeness (QED) is 0.618. The van der Waals surface area contributed by atoms with Gasteiger partial charge in [0.15, 0.2) is 0 Å². The molecule has 3 nitrogen and oxygen atoms in total. The van der Waals surface area contributed by atoms with Crippen molar-refractivity contribution < 1.29 is 4.79 Å². The lowest BCUT2D eigenvalue weighted by molar-refractivity contribution is -0.113. The lowest BCUT2D eigenvalue weighted by Gasteiger charge is -1.82. The Kier molecular flexibility index (Phi) is 1.63. The molecule has 3 heteroatoms. The second-order valence-electron chi connectivity index (χ2n) is 1.64. The molecule has 46 valence electrons. The van der Waals surface area contributed by atoms with Crippen molar-refractivity contribution in [3.8, 4) is 0 Å². The zero-order valence-electron chi connectivity index (χ0n) is 5.01. The minimum absolute atomic E-state index is 0.109. The Hall–Kier alpha value is -1.12. The summed E-state index contributed by atoms with van der Waals surface area (Å²) in [4.78, 5) is 10.3. The maximum atomic E-state index is 10.3. The second-order valence-corrected chi connectivity index (χ2v) is 1.64. The van der Waals surface area contributed by atoms with Crippen LogP contribution in [0.15, 0.2) is 12.3 Å². The van der Waals surface area contributed by atoms with Gasteiger partial charge in [0.1, 0.15) is 12.2 Å². The number of ketones is 1. The molecule has 0 bridgehead atoms. The number of hydrogen-bond donors (Lipinski definition) is 1. The maximum absolute atomic E-state index is 10.3. The molecule has 0 unspecified atom stereocenters. The summed E-state index contributed by atoms with van der Waals surface area (Å²) < 4.78 is 0. The number of aromatic nitrogens is 2. The largest absolute Gasteiger partial charge is 0.299 e. The number of carbonyl (C=O) groups excluding carboxylic acids is 1. The molecule has 0 atom stereocenters. The van der Waals surface area contributed by atoms with E-state index in [2.05, 4.69) is 16.6 Å². The Balaban J connectivity index is 2.58. The Morgan fingerprint density at radius 1 is 1.89 bits per heavy atom. The van der Waals surface area contributed by atoms with E-state index in [0.717, 1.165) is 0 Å². The van der Waals surface area contributed by atoms with E-state index in [4.69, 9.17) is 0 Å². The zero-order valence-corrected chi connectivity index (χ0v) is 5.01. The number of nitrogens with one attached hydrogen (secondary N) is 1. The molecule has 1 rings (SSSR count). The van der Waals surface area contributed by atoms with Crippen LogP contribution < -0.4 is 0 Å². The number of carbonyl (C=O) groups is 1. The number of nitrogens with zero attached hydrogens (tertiary/aromatic N) is 1. The molecule has 9 heavy (non-hydrogen) atoms. The predicted molar refractivity (Wildman–Crippen MR) is 31.6 cm³/mol. The van der Waals surface area contributed by atoms with E-state index in [9.17, 15) is 4.79 Å². The average molecular weight is 122 g/mol. The third kappa shape index (κ3) is 1.68. The fourth-order valence-corrected chi connectivity index (χ4v) is 0.510. The summed E-state index contributed by atoms with van der Waals surface area (Å²) in [5, 5.41) is 6.27. The van der Waals surface area contributed by atoms with Crippen LogP contribution in [0.3, 0.4) is 0 Å². The SMILES string of the molecule is CC(=O)[C]c1cc[nH]n1. The highest BCUT2D eigenvalue weighted by molar-refractivity contribution is 5.87. The summed E-state index contributed by atoms with van der Waals surface area (Å²) >= 11 is 0. The summed E-state index contributed by atoms with van der Waals surface area (Å²) in [7, 11) is 0. The van der Waals surface area contributed by atoms with E-state index < -0.39 is 0 Å². The standard InChI is InChI=1S/C6H6N2O/c1-5(9)4-6-2-3-7-8-6/h2-3H,1H3,(H,7,8). The fraction of sp³-hybridized carbons (Fsp3) is 0.167. The van der Waals surface area contributed by atoms with Gasteiger partial charge >= 0.3 is 0 Å². The smallest absolute Gasteiger partial charge is 0.144 e. The lowest BCUT2D eigenvalue weighted by Crippen LogP contribution is -1.92. The first kappa shape index (κ1) is 6.01. The molecule has 0 spiro atoms. The second kappa shape index (κ2) is 2.44. The van der Waals surface area contributed by atoms with Crippen LogP contribution in [0.1, 0.15) is 12.6 Å². The Morgan fingerprint density at radius 3 is 3.11 bits per heavy atom. The number of H-pyrrole nitrogens is 1. The third-order valence-corrected chi connectivity index (χ3v) is 0.805. The molecule has 0 aromatic carbocycles. The number of rotatable bonds is 2. The van der Waals surface area contributed by atoms with Gasteiger partial charge in [0.05, 0.1) is 5.69 Å². The minimum atomic E-state index is -0.109. The van der Waals surface area contributed by atoms with Gasteiger partial charge in [-0.15, -0.1) is 0 Å². The van der Waals surface area contributed by atoms with E-state index in [0.29, 0.717) is 5.69 Å². The van der Waals surface area contributed by atoms with Crippen molar-refractivity contribution in [1.82, 2.24) is 10.2 Å². The summed E-state index contributed by atoms with van der Waals surface area (Å²) in [6.45, 7) is 1.44. The van der Waals surface area contributed by atoms with Crippen LogP contribution in [0.5, 0.6) is 0 Å².